The third-order valence-corrected chi connectivity index (χ3v) is 4.48. The van der Waals surface area contributed by atoms with Gasteiger partial charge in [-0.3, -0.25) is 0 Å². The molecule has 23 heavy (non-hydrogen) atoms. The van der Waals surface area contributed by atoms with Crippen molar-refractivity contribution in [3.63, 3.8) is 0 Å². The van der Waals surface area contributed by atoms with E-state index in [1.807, 2.05) is 30.3 Å². The van der Waals surface area contributed by atoms with Crippen LogP contribution in [0, 0.1) is 0 Å². The fourth-order valence-corrected chi connectivity index (χ4v) is 3.06. The van der Waals surface area contributed by atoms with Crippen molar-refractivity contribution in [2.24, 2.45) is 0 Å². The van der Waals surface area contributed by atoms with Crippen LogP contribution in [-0.4, -0.2) is 21.3 Å². The highest BCUT2D eigenvalue weighted by molar-refractivity contribution is 9.10. The van der Waals surface area contributed by atoms with Gasteiger partial charge in [0.25, 0.3) is 0 Å². The molecule has 0 saturated carbocycles. The fraction of sp³-hybridized carbons (Fsp3) is 0.333. The van der Waals surface area contributed by atoms with Crippen molar-refractivity contribution in [2.75, 3.05) is 21.3 Å². The maximum atomic E-state index is 5.46. The Hall–Kier alpha value is -1.72. The van der Waals surface area contributed by atoms with E-state index in [9.17, 15) is 0 Å². The van der Waals surface area contributed by atoms with Crippen LogP contribution in [0.15, 0.2) is 40.9 Å². The lowest BCUT2D eigenvalue weighted by Crippen LogP contribution is -2.19. The predicted molar refractivity (Wildman–Crippen MR) is 95.5 cm³/mol. The van der Waals surface area contributed by atoms with Crippen LogP contribution in [0.5, 0.6) is 17.2 Å². The molecule has 0 unspecified atom stereocenters. The number of methoxy groups -OCH3 is 3. The van der Waals surface area contributed by atoms with Crippen LogP contribution in [0.2, 0.25) is 0 Å². The molecule has 2 aromatic carbocycles. The van der Waals surface area contributed by atoms with Crippen molar-refractivity contribution < 1.29 is 14.2 Å². The number of hydrogen-bond donors (Lipinski definition) is 1. The highest BCUT2D eigenvalue weighted by Crippen LogP contribution is 2.35. The molecular formula is C18H22BrNO3. The lowest BCUT2D eigenvalue weighted by atomic mass is 10.1. The Morgan fingerprint density at radius 1 is 0.957 bits per heavy atom. The topological polar surface area (TPSA) is 39.7 Å². The molecule has 0 spiro atoms. The molecule has 5 heteroatoms. The zero-order chi connectivity index (χ0) is 16.8. The number of rotatable bonds is 7. The predicted octanol–water partition coefficient (Wildman–Crippen LogP) is 4.33. The quantitative estimate of drug-likeness (QED) is 0.777. The van der Waals surface area contributed by atoms with Crippen LogP contribution < -0.4 is 19.5 Å². The fourth-order valence-electron chi connectivity index (χ4n) is 2.43. The summed E-state index contributed by atoms with van der Waals surface area (Å²) in [7, 11) is 4.90. The van der Waals surface area contributed by atoms with Crippen molar-refractivity contribution >= 4 is 15.9 Å². The van der Waals surface area contributed by atoms with E-state index in [2.05, 4.69) is 34.2 Å². The SMILES string of the molecule is COc1cc(OC)c(OC)cc1CN[C@@H](C)c1ccccc1Br. The second-order valence-corrected chi connectivity index (χ2v) is 6.00. The minimum absolute atomic E-state index is 0.198. The molecule has 0 fully saturated rings. The van der Waals surface area contributed by atoms with E-state index in [1.54, 1.807) is 21.3 Å². The molecule has 1 N–H and O–H groups in total. The smallest absolute Gasteiger partial charge is 0.164 e. The van der Waals surface area contributed by atoms with Gasteiger partial charge in [0.05, 0.1) is 21.3 Å². The Kier molecular flexibility index (Phi) is 6.30. The largest absolute Gasteiger partial charge is 0.496 e. The van der Waals surface area contributed by atoms with Crippen molar-refractivity contribution in [3.8, 4) is 17.2 Å². The van der Waals surface area contributed by atoms with E-state index >= 15 is 0 Å². The first-order valence-corrected chi connectivity index (χ1v) is 8.16. The Morgan fingerprint density at radius 3 is 2.17 bits per heavy atom. The van der Waals surface area contributed by atoms with Gasteiger partial charge in [-0.15, -0.1) is 0 Å². The van der Waals surface area contributed by atoms with Gasteiger partial charge in [0, 0.05) is 28.7 Å². The molecule has 0 aliphatic carbocycles. The summed E-state index contributed by atoms with van der Waals surface area (Å²) in [4.78, 5) is 0. The third kappa shape index (κ3) is 4.18. The van der Waals surface area contributed by atoms with E-state index in [0.717, 1.165) is 15.8 Å². The van der Waals surface area contributed by atoms with E-state index in [1.165, 1.54) is 5.56 Å². The summed E-state index contributed by atoms with van der Waals surface area (Å²) in [5.41, 5.74) is 2.23. The van der Waals surface area contributed by atoms with Crippen molar-refractivity contribution in [2.45, 2.75) is 19.5 Å². The summed E-state index contributed by atoms with van der Waals surface area (Å²) < 4.78 is 17.2. The molecule has 4 nitrogen and oxygen atoms in total. The zero-order valence-electron chi connectivity index (χ0n) is 13.9. The monoisotopic (exact) mass is 379 g/mol. The van der Waals surface area contributed by atoms with Gasteiger partial charge >= 0.3 is 0 Å². The molecule has 0 amide bonds. The Bertz CT molecular complexity index is 661. The Balaban J connectivity index is 2.18. The van der Waals surface area contributed by atoms with Gasteiger partial charge in [-0.1, -0.05) is 34.1 Å². The van der Waals surface area contributed by atoms with Crippen LogP contribution in [-0.2, 0) is 6.54 Å². The third-order valence-electron chi connectivity index (χ3n) is 3.76. The zero-order valence-corrected chi connectivity index (χ0v) is 15.4. The van der Waals surface area contributed by atoms with Gasteiger partial charge in [-0.25, -0.2) is 0 Å². The molecule has 0 heterocycles. The first-order chi connectivity index (χ1) is 11.1. The van der Waals surface area contributed by atoms with E-state index in [-0.39, 0.29) is 6.04 Å². The highest BCUT2D eigenvalue weighted by Gasteiger charge is 2.14. The van der Waals surface area contributed by atoms with Gasteiger partial charge in [0.15, 0.2) is 11.5 Å². The second kappa shape index (κ2) is 8.22. The molecule has 0 radical (unpaired) electrons. The molecule has 124 valence electrons. The standard InChI is InChI=1S/C18H22BrNO3/c1-12(14-7-5-6-8-15(14)19)20-11-13-9-17(22-3)18(23-4)10-16(13)21-2/h5-10,12,20H,11H2,1-4H3/t12-/m0/s1. The molecule has 0 aliphatic rings. The normalized spacial score (nSPS) is 11.9. The highest BCUT2D eigenvalue weighted by atomic mass is 79.9. The van der Waals surface area contributed by atoms with Crippen molar-refractivity contribution in [3.05, 3.63) is 52.0 Å². The maximum Gasteiger partial charge on any atom is 0.164 e. The molecular weight excluding hydrogens is 358 g/mol. The molecule has 1 atom stereocenters. The lowest BCUT2D eigenvalue weighted by molar-refractivity contribution is 0.346. The number of benzene rings is 2. The van der Waals surface area contributed by atoms with Gasteiger partial charge in [-0.2, -0.15) is 0 Å². The van der Waals surface area contributed by atoms with Crippen LogP contribution in [0.25, 0.3) is 0 Å². The lowest BCUT2D eigenvalue weighted by Gasteiger charge is -2.18. The number of ether oxygens (including phenoxy) is 3. The summed E-state index contributed by atoms with van der Waals surface area (Å²) >= 11 is 3.59. The summed E-state index contributed by atoms with van der Waals surface area (Å²) in [6, 6.07) is 12.2. The van der Waals surface area contributed by atoms with E-state index < -0.39 is 0 Å². The summed E-state index contributed by atoms with van der Waals surface area (Å²) in [5.74, 6) is 2.13. The van der Waals surface area contributed by atoms with Gasteiger partial charge in [-0.05, 0) is 24.6 Å². The number of hydrogen-bond acceptors (Lipinski definition) is 4. The van der Waals surface area contributed by atoms with E-state index in [0.29, 0.717) is 18.0 Å². The molecule has 0 bridgehead atoms. The molecule has 2 aromatic rings. The average molecular weight is 380 g/mol. The second-order valence-electron chi connectivity index (χ2n) is 5.14. The molecule has 0 aromatic heterocycles. The van der Waals surface area contributed by atoms with E-state index in [4.69, 9.17) is 14.2 Å². The van der Waals surface area contributed by atoms with Gasteiger partial charge in [0.2, 0.25) is 0 Å². The summed E-state index contributed by atoms with van der Waals surface area (Å²) in [6.07, 6.45) is 0. The number of halogens is 1. The van der Waals surface area contributed by atoms with Crippen LogP contribution in [0.4, 0.5) is 0 Å². The van der Waals surface area contributed by atoms with Crippen LogP contribution in [0.3, 0.4) is 0 Å². The minimum atomic E-state index is 0.198. The van der Waals surface area contributed by atoms with Gasteiger partial charge in [0.1, 0.15) is 5.75 Å². The summed E-state index contributed by atoms with van der Waals surface area (Å²) in [6.45, 7) is 2.79. The average Bonchev–Trinajstić information content (AvgIpc) is 2.59. The van der Waals surface area contributed by atoms with Crippen molar-refractivity contribution in [1.82, 2.24) is 5.32 Å². The molecule has 2 rings (SSSR count). The van der Waals surface area contributed by atoms with Crippen LogP contribution >= 0.6 is 15.9 Å². The van der Waals surface area contributed by atoms with Crippen LogP contribution in [0.1, 0.15) is 24.1 Å². The first-order valence-electron chi connectivity index (χ1n) is 7.37. The van der Waals surface area contributed by atoms with Crippen molar-refractivity contribution in [1.29, 1.82) is 0 Å². The summed E-state index contributed by atoms with van der Waals surface area (Å²) in [5, 5.41) is 3.51. The Morgan fingerprint density at radius 2 is 1.57 bits per heavy atom. The Labute approximate surface area is 145 Å². The number of nitrogens with one attached hydrogen (secondary N) is 1. The molecule has 0 aliphatic heterocycles. The minimum Gasteiger partial charge on any atom is -0.496 e. The first kappa shape index (κ1) is 17.6. The van der Waals surface area contributed by atoms with Gasteiger partial charge < -0.3 is 19.5 Å². The maximum absolute atomic E-state index is 5.46. The molecule has 0 saturated heterocycles.